The van der Waals surface area contributed by atoms with Gasteiger partial charge in [-0.15, -0.1) is 0 Å². The number of nitrogens with one attached hydrogen (secondary N) is 1. The average Bonchev–Trinajstić information content (AvgIpc) is 3.52. The molecule has 0 fully saturated rings. The maximum absolute atomic E-state index is 11.8. The molecule has 5 aromatic rings. The lowest BCUT2D eigenvalue weighted by Crippen LogP contribution is -2.23. The van der Waals surface area contributed by atoms with Crippen LogP contribution in [0.5, 0.6) is 5.75 Å². The molecule has 0 bridgehead atoms. The van der Waals surface area contributed by atoms with E-state index in [4.69, 9.17) is 9.15 Å². The Hall–Kier alpha value is -4.36. The number of carbonyl (C=O) groups excluding carboxylic acids is 1. The van der Waals surface area contributed by atoms with Gasteiger partial charge in [0.1, 0.15) is 18.5 Å². The molecular weight excluding hydrogens is 430 g/mol. The SMILES string of the molecule is O=C(N/N=C/c1ccc(OCC(O)Cn2c3ccccc3c3ccccc32)cc1)c1ccco1. The molecule has 34 heavy (non-hydrogen) atoms. The van der Waals surface area contributed by atoms with Gasteiger partial charge in [-0.1, -0.05) is 36.4 Å². The van der Waals surface area contributed by atoms with Crippen molar-refractivity contribution in [2.75, 3.05) is 6.61 Å². The predicted molar refractivity (Wildman–Crippen MR) is 131 cm³/mol. The molecule has 0 saturated carbocycles. The maximum atomic E-state index is 11.8. The summed E-state index contributed by atoms with van der Waals surface area (Å²) in [5, 5.41) is 17.0. The minimum absolute atomic E-state index is 0.160. The molecule has 7 nitrogen and oxygen atoms in total. The van der Waals surface area contributed by atoms with Gasteiger partial charge in [0.2, 0.25) is 0 Å². The fourth-order valence-electron chi connectivity index (χ4n) is 3.93. The molecule has 0 aliphatic carbocycles. The average molecular weight is 453 g/mol. The Balaban J connectivity index is 1.19. The van der Waals surface area contributed by atoms with E-state index in [1.165, 1.54) is 23.3 Å². The van der Waals surface area contributed by atoms with Crippen molar-refractivity contribution in [1.82, 2.24) is 9.99 Å². The van der Waals surface area contributed by atoms with Crippen LogP contribution in [0.25, 0.3) is 21.8 Å². The highest BCUT2D eigenvalue weighted by molar-refractivity contribution is 6.07. The number of amides is 1. The quantitative estimate of drug-likeness (QED) is 0.266. The third kappa shape index (κ3) is 4.55. The first-order chi connectivity index (χ1) is 16.7. The molecule has 0 aliphatic heterocycles. The summed E-state index contributed by atoms with van der Waals surface area (Å²) >= 11 is 0. The van der Waals surface area contributed by atoms with Crippen LogP contribution in [0, 0.1) is 0 Å². The highest BCUT2D eigenvalue weighted by Gasteiger charge is 2.14. The van der Waals surface area contributed by atoms with Crippen LogP contribution in [-0.4, -0.2) is 34.5 Å². The summed E-state index contributed by atoms with van der Waals surface area (Å²) in [4.78, 5) is 11.8. The van der Waals surface area contributed by atoms with Gasteiger partial charge in [-0.05, 0) is 54.1 Å². The highest BCUT2D eigenvalue weighted by atomic mass is 16.5. The summed E-state index contributed by atoms with van der Waals surface area (Å²) in [5.41, 5.74) is 5.37. The number of hydrogen-bond donors (Lipinski definition) is 2. The molecule has 2 N–H and O–H groups in total. The molecule has 1 atom stereocenters. The molecule has 5 rings (SSSR count). The molecule has 1 amide bonds. The van der Waals surface area contributed by atoms with E-state index in [0.717, 1.165) is 16.6 Å². The number of aliphatic hydroxyl groups excluding tert-OH is 1. The molecule has 0 aliphatic rings. The zero-order valence-corrected chi connectivity index (χ0v) is 18.3. The number of ether oxygens (including phenoxy) is 1. The van der Waals surface area contributed by atoms with Gasteiger partial charge in [0.05, 0.1) is 19.0 Å². The summed E-state index contributed by atoms with van der Waals surface area (Å²) < 4.78 is 12.9. The van der Waals surface area contributed by atoms with Crippen molar-refractivity contribution >= 4 is 33.9 Å². The molecule has 7 heteroatoms. The van der Waals surface area contributed by atoms with Crippen molar-refractivity contribution in [1.29, 1.82) is 0 Å². The van der Waals surface area contributed by atoms with Crippen molar-refractivity contribution in [2.45, 2.75) is 12.6 Å². The number of fused-ring (bicyclic) bond motifs is 3. The Labute approximate surface area is 195 Å². The standard InChI is InChI=1S/C27H23N3O4/c31-20(17-30-24-8-3-1-6-22(24)23-7-2-4-9-25(23)30)18-34-21-13-11-19(12-14-21)16-28-29-27(32)26-10-5-15-33-26/h1-16,20,31H,17-18H2,(H,29,32)/b28-16+. The van der Waals surface area contributed by atoms with Gasteiger partial charge in [0, 0.05) is 21.8 Å². The van der Waals surface area contributed by atoms with Crippen LogP contribution in [0.3, 0.4) is 0 Å². The number of aromatic nitrogens is 1. The van der Waals surface area contributed by atoms with E-state index in [-0.39, 0.29) is 12.4 Å². The lowest BCUT2D eigenvalue weighted by molar-refractivity contribution is 0.0927. The Morgan fingerprint density at radius 2 is 1.65 bits per heavy atom. The van der Waals surface area contributed by atoms with Crippen molar-refractivity contribution in [3.63, 3.8) is 0 Å². The predicted octanol–water partition coefficient (Wildman–Crippen LogP) is 4.59. The van der Waals surface area contributed by atoms with Gasteiger partial charge in [-0.3, -0.25) is 4.79 Å². The number of hydrazone groups is 1. The first-order valence-corrected chi connectivity index (χ1v) is 10.9. The van der Waals surface area contributed by atoms with Gasteiger partial charge in [0.15, 0.2) is 5.76 Å². The monoisotopic (exact) mass is 453 g/mol. The van der Waals surface area contributed by atoms with Crippen molar-refractivity contribution in [3.05, 3.63) is 103 Å². The third-order valence-electron chi connectivity index (χ3n) is 5.52. The van der Waals surface area contributed by atoms with Crippen molar-refractivity contribution < 1.29 is 19.1 Å². The number of carbonyl (C=O) groups is 1. The van der Waals surface area contributed by atoms with Crippen molar-refractivity contribution in [2.24, 2.45) is 5.10 Å². The summed E-state index contributed by atoms with van der Waals surface area (Å²) in [6, 6.07) is 26.8. The Morgan fingerprint density at radius 3 is 2.29 bits per heavy atom. The summed E-state index contributed by atoms with van der Waals surface area (Å²) in [5.74, 6) is 0.414. The van der Waals surface area contributed by atoms with E-state index in [1.807, 2.05) is 36.4 Å². The molecule has 3 aromatic carbocycles. The van der Waals surface area contributed by atoms with Gasteiger partial charge in [-0.2, -0.15) is 5.10 Å². The van der Waals surface area contributed by atoms with Crippen LogP contribution in [-0.2, 0) is 6.54 Å². The van der Waals surface area contributed by atoms with E-state index < -0.39 is 12.0 Å². The van der Waals surface area contributed by atoms with Crippen LogP contribution in [0.15, 0.2) is 101 Å². The number of hydrogen-bond acceptors (Lipinski definition) is 5. The molecule has 0 radical (unpaired) electrons. The van der Waals surface area contributed by atoms with Gasteiger partial charge in [0.25, 0.3) is 0 Å². The molecule has 2 aromatic heterocycles. The van der Waals surface area contributed by atoms with E-state index in [0.29, 0.717) is 12.3 Å². The minimum Gasteiger partial charge on any atom is -0.491 e. The lowest BCUT2D eigenvalue weighted by Gasteiger charge is -2.15. The van der Waals surface area contributed by atoms with E-state index in [2.05, 4.69) is 39.4 Å². The normalized spacial score (nSPS) is 12.4. The zero-order chi connectivity index (χ0) is 23.3. The Kier molecular flexibility index (Phi) is 6.09. The molecular formula is C27H23N3O4. The minimum atomic E-state index is -0.683. The highest BCUT2D eigenvalue weighted by Crippen LogP contribution is 2.28. The summed E-state index contributed by atoms with van der Waals surface area (Å²) in [6.45, 7) is 0.585. The Bertz CT molecular complexity index is 1380. The summed E-state index contributed by atoms with van der Waals surface area (Å²) in [7, 11) is 0. The second-order valence-electron chi connectivity index (χ2n) is 7.86. The number of benzene rings is 3. The van der Waals surface area contributed by atoms with Crippen molar-refractivity contribution in [3.8, 4) is 5.75 Å². The first kappa shape index (κ1) is 21.5. The number of rotatable bonds is 8. The smallest absolute Gasteiger partial charge is 0.307 e. The molecule has 170 valence electrons. The van der Waals surface area contributed by atoms with E-state index in [1.54, 1.807) is 24.3 Å². The number of aliphatic hydroxyl groups is 1. The lowest BCUT2D eigenvalue weighted by atomic mass is 10.2. The fourth-order valence-corrected chi connectivity index (χ4v) is 3.93. The molecule has 0 saturated heterocycles. The largest absolute Gasteiger partial charge is 0.491 e. The van der Waals surface area contributed by atoms with E-state index in [9.17, 15) is 9.90 Å². The van der Waals surface area contributed by atoms with Crippen LogP contribution < -0.4 is 10.2 Å². The number of para-hydroxylation sites is 2. The second kappa shape index (κ2) is 9.64. The van der Waals surface area contributed by atoms with Crippen LogP contribution in [0.4, 0.5) is 0 Å². The van der Waals surface area contributed by atoms with Crippen LogP contribution in [0.1, 0.15) is 16.1 Å². The summed E-state index contributed by atoms with van der Waals surface area (Å²) in [6.07, 6.45) is 2.27. The topological polar surface area (TPSA) is 89.0 Å². The van der Waals surface area contributed by atoms with Gasteiger partial charge >= 0.3 is 5.91 Å². The zero-order valence-electron chi connectivity index (χ0n) is 18.3. The third-order valence-corrected chi connectivity index (χ3v) is 5.52. The maximum Gasteiger partial charge on any atom is 0.307 e. The van der Waals surface area contributed by atoms with Crippen LogP contribution >= 0.6 is 0 Å². The van der Waals surface area contributed by atoms with Crippen LogP contribution in [0.2, 0.25) is 0 Å². The molecule has 2 heterocycles. The molecule has 1 unspecified atom stereocenters. The number of furan rings is 1. The van der Waals surface area contributed by atoms with Gasteiger partial charge < -0.3 is 18.8 Å². The first-order valence-electron chi connectivity index (χ1n) is 10.9. The number of nitrogens with zero attached hydrogens (tertiary/aromatic N) is 2. The van der Waals surface area contributed by atoms with E-state index >= 15 is 0 Å². The second-order valence-corrected chi connectivity index (χ2v) is 7.86. The Morgan fingerprint density at radius 1 is 0.971 bits per heavy atom. The molecule has 0 spiro atoms. The van der Waals surface area contributed by atoms with Gasteiger partial charge in [-0.25, -0.2) is 5.43 Å². The fraction of sp³-hybridized carbons (Fsp3) is 0.111.